The Hall–Kier alpha value is -0.630. The summed E-state index contributed by atoms with van der Waals surface area (Å²) >= 11 is 5.62. The van der Waals surface area contributed by atoms with Gasteiger partial charge in [-0.3, -0.25) is 0 Å². The Morgan fingerprint density at radius 2 is 1.77 bits per heavy atom. The number of aryl methyl sites for hydroxylation is 1. The van der Waals surface area contributed by atoms with Crippen LogP contribution in [0, 0.1) is 6.92 Å². The molecule has 0 N–H and O–H groups in total. The maximum absolute atomic E-state index is 12.0. The fourth-order valence-electron chi connectivity index (χ4n) is 0.745. The molecule has 1 aromatic carbocycles. The van der Waals surface area contributed by atoms with Gasteiger partial charge in [-0.25, -0.2) is 8.78 Å². The van der Waals surface area contributed by atoms with Crippen LogP contribution in [0.15, 0.2) is 18.2 Å². The van der Waals surface area contributed by atoms with Crippen LogP contribution in [0.1, 0.15) is 31.4 Å². The van der Waals surface area contributed by atoms with Crippen LogP contribution in [0.3, 0.4) is 0 Å². The van der Waals surface area contributed by atoms with Crippen molar-refractivity contribution in [3.8, 4) is 0 Å². The topological polar surface area (TPSA) is 0 Å². The van der Waals surface area contributed by atoms with E-state index in [1.807, 2.05) is 13.8 Å². The lowest BCUT2D eigenvalue weighted by Crippen LogP contribution is -1.84. The van der Waals surface area contributed by atoms with Crippen molar-refractivity contribution in [3.05, 3.63) is 34.3 Å². The van der Waals surface area contributed by atoms with Gasteiger partial charge in [0.1, 0.15) is 0 Å². The van der Waals surface area contributed by atoms with Gasteiger partial charge in [-0.05, 0) is 18.6 Å². The molecule has 0 heterocycles. The predicted molar refractivity (Wildman–Crippen MR) is 52.5 cm³/mol. The minimum Gasteiger partial charge on any atom is -0.205 e. The van der Waals surface area contributed by atoms with Gasteiger partial charge in [-0.2, -0.15) is 0 Å². The maximum Gasteiger partial charge on any atom is 0.263 e. The van der Waals surface area contributed by atoms with E-state index in [4.69, 9.17) is 11.6 Å². The Kier molecular flexibility index (Phi) is 5.63. The Morgan fingerprint density at radius 3 is 2.15 bits per heavy atom. The summed E-state index contributed by atoms with van der Waals surface area (Å²) in [6.07, 6.45) is -2.44. The Bertz CT molecular complexity index is 259. The minimum absolute atomic E-state index is 0.0272. The fraction of sp³-hybridized carbons (Fsp3) is 0.400. The zero-order valence-corrected chi connectivity index (χ0v) is 8.70. The number of hydrogen-bond acceptors (Lipinski definition) is 0. The molecule has 0 saturated heterocycles. The zero-order valence-electron chi connectivity index (χ0n) is 7.94. The zero-order chi connectivity index (χ0) is 10.4. The maximum atomic E-state index is 12.0. The van der Waals surface area contributed by atoms with E-state index in [9.17, 15) is 8.78 Å². The number of rotatable bonds is 1. The van der Waals surface area contributed by atoms with Crippen molar-refractivity contribution < 1.29 is 8.78 Å². The largest absolute Gasteiger partial charge is 0.263 e. The molecule has 0 nitrogen and oxygen atoms in total. The third-order valence-corrected chi connectivity index (χ3v) is 1.86. The Morgan fingerprint density at radius 1 is 1.23 bits per heavy atom. The van der Waals surface area contributed by atoms with E-state index < -0.39 is 6.43 Å². The van der Waals surface area contributed by atoms with E-state index in [1.165, 1.54) is 12.1 Å². The summed E-state index contributed by atoms with van der Waals surface area (Å²) in [4.78, 5) is 0. The second-order valence-electron chi connectivity index (χ2n) is 2.31. The molecule has 0 aliphatic heterocycles. The molecule has 0 aromatic heterocycles. The number of hydrogen-bond donors (Lipinski definition) is 0. The lowest BCUT2D eigenvalue weighted by atomic mass is 10.1. The molecule has 0 radical (unpaired) electrons. The van der Waals surface area contributed by atoms with Gasteiger partial charge in [0.15, 0.2) is 0 Å². The molecule has 0 fully saturated rings. The molecule has 0 amide bonds. The van der Waals surface area contributed by atoms with E-state index >= 15 is 0 Å². The standard InChI is InChI=1S/C8H7ClF2.C2H6/c1-5-2-3-6(8(10)11)4-7(5)9;1-2/h2-4,8H,1H3;1-2H3. The van der Waals surface area contributed by atoms with Gasteiger partial charge in [0.25, 0.3) is 6.43 Å². The summed E-state index contributed by atoms with van der Waals surface area (Å²) in [7, 11) is 0. The van der Waals surface area contributed by atoms with Crippen LogP contribution in [0.2, 0.25) is 5.02 Å². The first-order valence-corrected chi connectivity index (χ1v) is 4.53. The summed E-state index contributed by atoms with van der Waals surface area (Å²) in [5.74, 6) is 0. The molecule has 0 aliphatic rings. The van der Waals surface area contributed by atoms with Crippen molar-refractivity contribution in [2.75, 3.05) is 0 Å². The van der Waals surface area contributed by atoms with Gasteiger partial charge in [0, 0.05) is 10.6 Å². The smallest absolute Gasteiger partial charge is 0.205 e. The van der Waals surface area contributed by atoms with Crippen molar-refractivity contribution in [1.82, 2.24) is 0 Å². The average molecular weight is 207 g/mol. The number of alkyl halides is 2. The van der Waals surface area contributed by atoms with Gasteiger partial charge >= 0.3 is 0 Å². The van der Waals surface area contributed by atoms with Crippen molar-refractivity contribution in [2.45, 2.75) is 27.2 Å². The fourth-order valence-corrected chi connectivity index (χ4v) is 0.934. The molecule has 0 saturated carbocycles. The van der Waals surface area contributed by atoms with Crippen molar-refractivity contribution in [1.29, 1.82) is 0 Å². The Labute approximate surface area is 82.5 Å². The minimum atomic E-state index is -2.44. The van der Waals surface area contributed by atoms with E-state index in [-0.39, 0.29) is 5.56 Å². The molecule has 0 unspecified atom stereocenters. The Balaban J connectivity index is 0.000000671. The van der Waals surface area contributed by atoms with E-state index in [0.29, 0.717) is 5.02 Å². The first-order valence-electron chi connectivity index (χ1n) is 4.15. The summed E-state index contributed by atoms with van der Waals surface area (Å²) in [6, 6.07) is 4.26. The second-order valence-corrected chi connectivity index (χ2v) is 2.72. The number of benzene rings is 1. The summed E-state index contributed by atoms with van der Waals surface area (Å²) in [6.45, 7) is 5.78. The van der Waals surface area contributed by atoms with Gasteiger partial charge in [-0.15, -0.1) is 0 Å². The van der Waals surface area contributed by atoms with Crippen molar-refractivity contribution in [3.63, 3.8) is 0 Å². The third-order valence-electron chi connectivity index (χ3n) is 1.45. The average Bonchev–Trinajstić information content (AvgIpc) is 2.13. The van der Waals surface area contributed by atoms with Crippen LogP contribution in [-0.2, 0) is 0 Å². The van der Waals surface area contributed by atoms with E-state index in [0.717, 1.165) is 5.56 Å². The van der Waals surface area contributed by atoms with Crippen LogP contribution in [0.4, 0.5) is 8.78 Å². The van der Waals surface area contributed by atoms with Crippen molar-refractivity contribution in [2.24, 2.45) is 0 Å². The summed E-state index contributed by atoms with van der Waals surface area (Å²) in [5, 5.41) is 0.391. The third kappa shape index (κ3) is 3.73. The molecule has 1 aromatic rings. The van der Waals surface area contributed by atoms with Gasteiger partial charge < -0.3 is 0 Å². The summed E-state index contributed by atoms with van der Waals surface area (Å²) in [5.41, 5.74) is 0.789. The van der Waals surface area contributed by atoms with Crippen LogP contribution in [0.25, 0.3) is 0 Å². The molecule has 0 spiro atoms. The normalized spacial score (nSPS) is 9.46. The van der Waals surface area contributed by atoms with Gasteiger partial charge in [-0.1, -0.05) is 37.6 Å². The first kappa shape index (κ1) is 12.4. The predicted octanol–water partition coefficient (Wildman–Crippen LogP) is 4.61. The summed E-state index contributed by atoms with van der Waals surface area (Å²) < 4.78 is 24.0. The second kappa shape index (κ2) is 5.92. The molecule has 0 bridgehead atoms. The lowest BCUT2D eigenvalue weighted by Gasteiger charge is -2.01. The highest BCUT2D eigenvalue weighted by Gasteiger charge is 2.07. The molecule has 3 heteroatoms. The van der Waals surface area contributed by atoms with E-state index in [2.05, 4.69) is 0 Å². The molecule has 0 aliphatic carbocycles. The molecular weight excluding hydrogens is 194 g/mol. The monoisotopic (exact) mass is 206 g/mol. The molecular formula is C10H13ClF2. The SMILES string of the molecule is CC.Cc1ccc(C(F)F)cc1Cl. The van der Waals surface area contributed by atoms with Gasteiger partial charge in [0.05, 0.1) is 0 Å². The molecule has 13 heavy (non-hydrogen) atoms. The van der Waals surface area contributed by atoms with Crippen LogP contribution in [-0.4, -0.2) is 0 Å². The quantitative estimate of drug-likeness (QED) is 0.629. The van der Waals surface area contributed by atoms with Gasteiger partial charge in [0.2, 0.25) is 0 Å². The van der Waals surface area contributed by atoms with E-state index in [1.54, 1.807) is 13.0 Å². The molecule has 1 rings (SSSR count). The highest BCUT2D eigenvalue weighted by Crippen LogP contribution is 2.23. The highest BCUT2D eigenvalue weighted by molar-refractivity contribution is 6.31. The number of halogens is 3. The van der Waals surface area contributed by atoms with Crippen LogP contribution < -0.4 is 0 Å². The first-order chi connectivity index (χ1) is 6.11. The molecule has 74 valence electrons. The highest BCUT2D eigenvalue weighted by atomic mass is 35.5. The van der Waals surface area contributed by atoms with Crippen molar-refractivity contribution >= 4 is 11.6 Å². The van der Waals surface area contributed by atoms with Crippen LogP contribution >= 0.6 is 11.6 Å². The molecule has 0 atom stereocenters. The lowest BCUT2D eigenvalue weighted by molar-refractivity contribution is 0.151. The van der Waals surface area contributed by atoms with Crippen LogP contribution in [0.5, 0.6) is 0 Å².